The van der Waals surface area contributed by atoms with Crippen molar-refractivity contribution in [3.8, 4) is 5.75 Å². The average Bonchev–Trinajstić information content (AvgIpc) is 2.46. The topological polar surface area (TPSA) is 9.23 Å². The van der Waals surface area contributed by atoms with Crippen molar-refractivity contribution in [2.24, 2.45) is 0 Å². The molecule has 0 saturated heterocycles. The molecular formula is C20H20O. The van der Waals surface area contributed by atoms with Crippen molar-refractivity contribution in [3.63, 3.8) is 0 Å². The molecule has 3 rings (SSSR count). The zero-order chi connectivity index (χ0) is 14.8. The lowest BCUT2D eigenvalue weighted by molar-refractivity contribution is 0.308. The van der Waals surface area contributed by atoms with Gasteiger partial charge in [0.15, 0.2) is 0 Å². The number of hydrogen-bond donors (Lipinski definition) is 0. The van der Waals surface area contributed by atoms with Crippen molar-refractivity contribution in [2.45, 2.75) is 27.4 Å². The number of benzene rings is 3. The maximum absolute atomic E-state index is 6.11. The summed E-state index contributed by atoms with van der Waals surface area (Å²) in [4.78, 5) is 0. The van der Waals surface area contributed by atoms with Gasteiger partial charge in [0.25, 0.3) is 0 Å². The molecule has 1 nitrogen and oxygen atoms in total. The van der Waals surface area contributed by atoms with Crippen LogP contribution in [0.4, 0.5) is 0 Å². The molecule has 0 aliphatic rings. The monoisotopic (exact) mass is 276 g/mol. The van der Waals surface area contributed by atoms with Crippen molar-refractivity contribution in [1.29, 1.82) is 0 Å². The van der Waals surface area contributed by atoms with Crippen LogP contribution in [0.1, 0.15) is 22.3 Å². The summed E-state index contributed by atoms with van der Waals surface area (Å²) < 4.78 is 6.11. The molecule has 0 unspecified atom stereocenters. The second-order valence-electron chi connectivity index (χ2n) is 5.64. The summed E-state index contributed by atoms with van der Waals surface area (Å²) >= 11 is 0. The Bertz CT molecular complexity index is 758. The maximum Gasteiger partial charge on any atom is 0.127 e. The molecule has 0 aromatic heterocycles. The quantitative estimate of drug-likeness (QED) is 0.627. The van der Waals surface area contributed by atoms with Gasteiger partial charge >= 0.3 is 0 Å². The minimum absolute atomic E-state index is 0.617. The van der Waals surface area contributed by atoms with Gasteiger partial charge in [-0.1, -0.05) is 54.1 Å². The van der Waals surface area contributed by atoms with Crippen molar-refractivity contribution in [3.05, 3.63) is 76.9 Å². The molecular weight excluding hydrogens is 256 g/mol. The summed E-state index contributed by atoms with van der Waals surface area (Å²) in [5, 5.41) is 2.38. The smallest absolute Gasteiger partial charge is 0.127 e. The zero-order valence-electron chi connectivity index (χ0n) is 12.8. The Morgan fingerprint density at radius 2 is 1.48 bits per heavy atom. The standard InChI is InChI=1S/C20H20O/c1-14-11-15(2)19(16(3)12-14)13-21-20-10-6-8-17-7-4-5-9-18(17)20/h4-12H,13H2,1-3H3. The molecule has 0 fully saturated rings. The fourth-order valence-electron chi connectivity index (χ4n) is 2.91. The Balaban J connectivity index is 1.91. The van der Waals surface area contributed by atoms with Gasteiger partial charge in [-0.2, -0.15) is 0 Å². The summed E-state index contributed by atoms with van der Waals surface area (Å²) in [6.07, 6.45) is 0. The Hall–Kier alpha value is -2.28. The summed E-state index contributed by atoms with van der Waals surface area (Å²) in [5.41, 5.74) is 5.19. The van der Waals surface area contributed by atoms with Crippen LogP contribution in [0.5, 0.6) is 5.75 Å². The van der Waals surface area contributed by atoms with E-state index in [1.807, 2.05) is 12.1 Å². The molecule has 3 aromatic carbocycles. The highest BCUT2D eigenvalue weighted by Crippen LogP contribution is 2.27. The maximum atomic E-state index is 6.11. The predicted octanol–water partition coefficient (Wildman–Crippen LogP) is 5.34. The second kappa shape index (κ2) is 5.61. The van der Waals surface area contributed by atoms with E-state index in [9.17, 15) is 0 Å². The van der Waals surface area contributed by atoms with Crippen LogP contribution in [0.15, 0.2) is 54.6 Å². The van der Waals surface area contributed by atoms with Gasteiger partial charge in [-0.15, -0.1) is 0 Å². The van der Waals surface area contributed by atoms with Gasteiger partial charge in [-0.3, -0.25) is 0 Å². The van der Waals surface area contributed by atoms with E-state index in [0.717, 1.165) is 5.75 Å². The van der Waals surface area contributed by atoms with Crippen molar-refractivity contribution < 1.29 is 4.74 Å². The zero-order valence-corrected chi connectivity index (χ0v) is 12.8. The number of rotatable bonds is 3. The molecule has 0 spiro atoms. The molecule has 0 amide bonds. The molecule has 3 aromatic rings. The minimum atomic E-state index is 0.617. The summed E-state index contributed by atoms with van der Waals surface area (Å²) in [7, 11) is 0. The van der Waals surface area contributed by atoms with E-state index in [1.54, 1.807) is 0 Å². The SMILES string of the molecule is Cc1cc(C)c(COc2cccc3ccccc23)c(C)c1. The predicted molar refractivity (Wildman–Crippen MR) is 88.9 cm³/mol. The second-order valence-corrected chi connectivity index (χ2v) is 5.64. The molecule has 0 radical (unpaired) electrons. The number of fused-ring (bicyclic) bond motifs is 1. The molecule has 0 aliphatic carbocycles. The van der Waals surface area contributed by atoms with Crippen LogP contribution in [0.3, 0.4) is 0 Å². The number of aryl methyl sites for hydroxylation is 3. The first-order valence-corrected chi connectivity index (χ1v) is 7.32. The molecule has 0 aliphatic heterocycles. The van der Waals surface area contributed by atoms with Crippen LogP contribution in [0, 0.1) is 20.8 Å². The van der Waals surface area contributed by atoms with Crippen molar-refractivity contribution in [1.82, 2.24) is 0 Å². The summed E-state index contributed by atoms with van der Waals surface area (Å²) in [6.45, 7) is 7.06. The third kappa shape index (κ3) is 2.78. The molecule has 21 heavy (non-hydrogen) atoms. The molecule has 106 valence electrons. The molecule has 0 bridgehead atoms. The fourth-order valence-corrected chi connectivity index (χ4v) is 2.91. The van der Waals surface area contributed by atoms with Crippen LogP contribution < -0.4 is 4.74 Å². The highest BCUT2D eigenvalue weighted by molar-refractivity contribution is 5.88. The van der Waals surface area contributed by atoms with Gasteiger partial charge in [0.2, 0.25) is 0 Å². The lowest BCUT2D eigenvalue weighted by Gasteiger charge is -2.14. The van der Waals surface area contributed by atoms with Gasteiger partial charge in [-0.25, -0.2) is 0 Å². The van der Waals surface area contributed by atoms with E-state index in [1.165, 1.54) is 33.0 Å². The highest BCUT2D eigenvalue weighted by Gasteiger charge is 2.06. The van der Waals surface area contributed by atoms with Crippen LogP contribution in [0.25, 0.3) is 10.8 Å². The van der Waals surface area contributed by atoms with Crippen LogP contribution >= 0.6 is 0 Å². The first-order chi connectivity index (χ1) is 10.1. The minimum Gasteiger partial charge on any atom is -0.488 e. The number of hydrogen-bond acceptors (Lipinski definition) is 1. The lowest BCUT2D eigenvalue weighted by atomic mass is 10.0. The third-order valence-corrected chi connectivity index (χ3v) is 3.96. The van der Waals surface area contributed by atoms with Crippen molar-refractivity contribution in [2.75, 3.05) is 0 Å². The Morgan fingerprint density at radius 3 is 2.24 bits per heavy atom. The van der Waals surface area contributed by atoms with Gasteiger partial charge in [-0.05, 0) is 48.9 Å². The summed E-state index contributed by atoms with van der Waals surface area (Å²) in [5.74, 6) is 0.951. The molecule has 1 heteroatoms. The van der Waals surface area contributed by atoms with E-state index in [2.05, 4.69) is 63.2 Å². The Labute approximate surface area is 126 Å². The van der Waals surface area contributed by atoms with Crippen molar-refractivity contribution >= 4 is 10.8 Å². The van der Waals surface area contributed by atoms with E-state index in [4.69, 9.17) is 4.74 Å². The Kier molecular flexibility index (Phi) is 3.66. The highest BCUT2D eigenvalue weighted by atomic mass is 16.5. The van der Waals surface area contributed by atoms with E-state index in [0.29, 0.717) is 6.61 Å². The van der Waals surface area contributed by atoms with Crippen LogP contribution in [-0.4, -0.2) is 0 Å². The molecule has 0 heterocycles. The normalized spacial score (nSPS) is 10.8. The van der Waals surface area contributed by atoms with Gasteiger partial charge < -0.3 is 4.74 Å². The summed E-state index contributed by atoms with van der Waals surface area (Å²) in [6, 6.07) is 19.0. The molecule has 0 saturated carbocycles. The van der Waals surface area contributed by atoms with Crippen LogP contribution in [-0.2, 0) is 6.61 Å². The fraction of sp³-hybridized carbons (Fsp3) is 0.200. The van der Waals surface area contributed by atoms with Gasteiger partial charge in [0, 0.05) is 5.39 Å². The number of ether oxygens (including phenoxy) is 1. The molecule has 0 atom stereocenters. The van der Waals surface area contributed by atoms with Crippen LogP contribution in [0.2, 0.25) is 0 Å². The first-order valence-electron chi connectivity index (χ1n) is 7.32. The van der Waals surface area contributed by atoms with E-state index < -0.39 is 0 Å². The lowest BCUT2D eigenvalue weighted by Crippen LogP contribution is -2.01. The van der Waals surface area contributed by atoms with Gasteiger partial charge in [0.05, 0.1) is 0 Å². The van der Waals surface area contributed by atoms with Gasteiger partial charge in [0.1, 0.15) is 12.4 Å². The first kappa shape index (κ1) is 13.7. The molecule has 0 N–H and O–H groups in total. The van der Waals surface area contributed by atoms with E-state index in [-0.39, 0.29) is 0 Å². The van der Waals surface area contributed by atoms with E-state index >= 15 is 0 Å². The Morgan fingerprint density at radius 1 is 0.810 bits per heavy atom. The average molecular weight is 276 g/mol. The largest absolute Gasteiger partial charge is 0.488 e. The third-order valence-electron chi connectivity index (χ3n) is 3.96.